The van der Waals surface area contributed by atoms with Gasteiger partial charge in [0.2, 0.25) is 5.58 Å². The fourth-order valence-electron chi connectivity index (χ4n) is 1.96. The number of hydrogen-bond donors (Lipinski definition) is 1. The van der Waals surface area contributed by atoms with Crippen molar-refractivity contribution in [3.63, 3.8) is 0 Å². The molecule has 0 aliphatic rings. The van der Waals surface area contributed by atoms with E-state index in [4.69, 9.17) is 16.0 Å². The maximum absolute atomic E-state index is 12.2. The summed E-state index contributed by atoms with van der Waals surface area (Å²) in [6.45, 7) is 1.73. The van der Waals surface area contributed by atoms with E-state index in [9.17, 15) is 9.59 Å². The van der Waals surface area contributed by atoms with Crippen molar-refractivity contribution in [3.05, 3.63) is 61.7 Å². The highest BCUT2D eigenvalue weighted by Crippen LogP contribution is 2.16. The van der Waals surface area contributed by atoms with Crippen molar-refractivity contribution >= 4 is 22.7 Å². The summed E-state index contributed by atoms with van der Waals surface area (Å²) < 4.78 is 6.25. The molecule has 96 valence electrons. The molecule has 2 aromatic heterocycles. The Morgan fingerprint density at radius 1 is 1.26 bits per heavy atom. The van der Waals surface area contributed by atoms with Gasteiger partial charge in [-0.05, 0) is 30.7 Å². The van der Waals surface area contributed by atoms with Gasteiger partial charge in [0, 0.05) is 11.1 Å². The van der Waals surface area contributed by atoms with Crippen LogP contribution in [-0.2, 0) is 0 Å². The second kappa shape index (κ2) is 4.13. The van der Waals surface area contributed by atoms with Crippen LogP contribution < -0.4 is 11.2 Å². The lowest BCUT2D eigenvalue weighted by Crippen LogP contribution is -2.14. The topological polar surface area (TPSA) is 68.0 Å². The molecule has 6 heteroatoms. The molecule has 0 saturated heterocycles. The molecule has 0 unspecified atom stereocenters. The van der Waals surface area contributed by atoms with Crippen molar-refractivity contribution in [2.24, 2.45) is 0 Å². The monoisotopic (exact) mass is 276 g/mol. The van der Waals surface area contributed by atoms with E-state index >= 15 is 0 Å². The zero-order valence-corrected chi connectivity index (χ0v) is 10.7. The number of nitrogens with one attached hydrogen (secondary N) is 1. The van der Waals surface area contributed by atoms with E-state index in [1.165, 1.54) is 10.7 Å². The first-order chi connectivity index (χ1) is 9.06. The zero-order valence-electron chi connectivity index (χ0n) is 9.94. The Hall–Kier alpha value is -2.27. The van der Waals surface area contributed by atoms with Crippen molar-refractivity contribution in [3.8, 4) is 5.69 Å². The first kappa shape index (κ1) is 11.8. The van der Waals surface area contributed by atoms with E-state index in [-0.39, 0.29) is 5.58 Å². The molecule has 1 N–H and O–H groups in total. The van der Waals surface area contributed by atoms with Gasteiger partial charge in [0.05, 0.1) is 5.69 Å². The van der Waals surface area contributed by atoms with E-state index in [1.807, 2.05) is 0 Å². The third-order valence-corrected chi connectivity index (χ3v) is 3.08. The van der Waals surface area contributed by atoms with Crippen molar-refractivity contribution in [2.45, 2.75) is 6.92 Å². The lowest BCUT2D eigenvalue weighted by atomic mass is 10.3. The van der Waals surface area contributed by atoms with Crippen LogP contribution in [0.3, 0.4) is 0 Å². The Labute approximate surface area is 112 Å². The van der Waals surface area contributed by atoms with Crippen LogP contribution in [-0.4, -0.2) is 9.78 Å². The van der Waals surface area contributed by atoms with Gasteiger partial charge in [0.1, 0.15) is 5.52 Å². The SMILES string of the molecule is Cc1cc(=O)oc2c(=O)n(-c3cccc(Cl)c3)[nH]c12. The predicted molar refractivity (Wildman–Crippen MR) is 72.2 cm³/mol. The highest BCUT2D eigenvalue weighted by Gasteiger charge is 2.13. The van der Waals surface area contributed by atoms with Crippen LogP contribution in [0.25, 0.3) is 16.8 Å². The minimum Gasteiger partial charge on any atom is -0.415 e. The number of fused-ring (bicyclic) bond motifs is 1. The number of halogens is 1. The number of benzene rings is 1. The third kappa shape index (κ3) is 1.88. The molecule has 0 amide bonds. The fraction of sp³-hybridized carbons (Fsp3) is 0.0769. The third-order valence-electron chi connectivity index (χ3n) is 2.85. The molecular formula is C13H9ClN2O3. The van der Waals surface area contributed by atoms with Crippen LogP contribution in [0.4, 0.5) is 0 Å². The number of rotatable bonds is 1. The largest absolute Gasteiger partial charge is 0.415 e. The van der Waals surface area contributed by atoms with Gasteiger partial charge >= 0.3 is 11.2 Å². The van der Waals surface area contributed by atoms with Crippen LogP contribution in [0.2, 0.25) is 5.02 Å². The van der Waals surface area contributed by atoms with Gasteiger partial charge in [0.25, 0.3) is 0 Å². The highest BCUT2D eigenvalue weighted by atomic mass is 35.5. The molecule has 0 fully saturated rings. The summed E-state index contributed by atoms with van der Waals surface area (Å²) in [5.74, 6) is 0. The van der Waals surface area contributed by atoms with Gasteiger partial charge in [-0.1, -0.05) is 17.7 Å². The van der Waals surface area contributed by atoms with Crippen LogP contribution in [0, 0.1) is 6.92 Å². The molecule has 5 nitrogen and oxygen atoms in total. The molecule has 0 atom stereocenters. The molecule has 19 heavy (non-hydrogen) atoms. The van der Waals surface area contributed by atoms with Crippen molar-refractivity contribution in [1.82, 2.24) is 9.78 Å². The lowest BCUT2D eigenvalue weighted by molar-refractivity contribution is 0.556. The van der Waals surface area contributed by atoms with Gasteiger partial charge in [-0.25, -0.2) is 9.48 Å². The summed E-state index contributed by atoms with van der Waals surface area (Å²) in [5, 5.41) is 3.43. The molecule has 3 aromatic rings. The number of aryl methyl sites for hydroxylation is 1. The predicted octanol–water partition coefficient (Wildman–Crippen LogP) is 2.23. The zero-order chi connectivity index (χ0) is 13.6. The molecule has 0 saturated carbocycles. The standard InChI is InChI=1S/C13H9ClN2O3/c1-7-5-10(17)19-12-11(7)15-16(13(12)18)9-4-2-3-8(14)6-9/h2-6,15H,1H3. The lowest BCUT2D eigenvalue weighted by Gasteiger charge is -2.00. The minimum absolute atomic E-state index is 0.0185. The van der Waals surface area contributed by atoms with Gasteiger partial charge in [-0.2, -0.15) is 0 Å². The molecular weight excluding hydrogens is 268 g/mol. The molecule has 0 bridgehead atoms. The van der Waals surface area contributed by atoms with Crippen LogP contribution in [0.15, 0.2) is 44.3 Å². The summed E-state index contributed by atoms with van der Waals surface area (Å²) in [6, 6.07) is 8.16. The maximum Gasteiger partial charge on any atom is 0.336 e. The maximum atomic E-state index is 12.2. The van der Waals surface area contributed by atoms with E-state index in [1.54, 1.807) is 31.2 Å². The quantitative estimate of drug-likeness (QED) is 0.741. The Bertz CT molecular complexity index is 889. The molecule has 1 aromatic carbocycles. The Morgan fingerprint density at radius 3 is 2.79 bits per heavy atom. The summed E-state index contributed by atoms with van der Waals surface area (Å²) >= 11 is 5.90. The van der Waals surface area contributed by atoms with Crippen LogP contribution in [0.1, 0.15) is 5.56 Å². The molecule has 0 aliphatic carbocycles. The normalized spacial score (nSPS) is 11.1. The minimum atomic E-state index is -0.542. The Morgan fingerprint density at radius 2 is 2.05 bits per heavy atom. The molecule has 3 rings (SSSR count). The number of H-pyrrole nitrogens is 1. The van der Waals surface area contributed by atoms with Crippen molar-refractivity contribution < 1.29 is 4.42 Å². The van der Waals surface area contributed by atoms with E-state index in [0.29, 0.717) is 21.8 Å². The van der Waals surface area contributed by atoms with Crippen molar-refractivity contribution in [2.75, 3.05) is 0 Å². The van der Waals surface area contributed by atoms with Crippen LogP contribution >= 0.6 is 11.6 Å². The van der Waals surface area contributed by atoms with E-state index < -0.39 is 11.2 Å². The number of nitrogens with zero attached hydrogens (tertiary/aromatic N) is 1. The molecule has 0 aliphatic heterocycles. The van der Waals surface area contributed by atoms with Gasteiger partial charge in [-0.15, -0.1) is 0 Å². The van der Waals surface area contributed by atoms with Crippen LogP contribution in [0.5, 0.6) is 0 Å². The Balaban J connectivity index is 2.38. The summed E-state index contributed by atoms with van der Waals surface area (Å²) in [5.41, 5.74) is 0.798. The Kier molecular flexibility index (Phi) is 2.57. The van der Waals surface area contributed by atoms with E-state index in [0.717, 1.165) is 0 Å². The smallest absolute Gasteiger partial charge is 0.336 e. The van der Waals surface area contributed by atoms with Gasteiger partial charge < -0.3 is 4.42 Å². The van der Waals surface area contributed by atoms with Crippen molar-refractivity contribution in [1.29, 1.82) is 0 Å². The number of aromatic nitrogens is 2. The van der Waals surface area contributed by atoms with E-state index in [2.05, 4.69) is 5.10 Å². The number of hydrogen-bond acceptors (Lipinski definition) is 3. The number of aromatic amines is 1. The summed E-state index contributed by atoms with van der Waals surface area (Å²) in [6.07, 6.45) is 0. The molecule has 0 radical (unpaired) electrons. The first-order valence-corrected chi connectivity index (χ1v) is 5.95. The first-order valence-electron chi connectivity index (χ1n) is 5.58. The molecule has 0 spiro atoms. The van der Waals surface area contributed by atoms with Gasteiger partial charge in [-0.3, -0.25) is 9.89 Å². The molecule has 2 heterocycles. The summed E-state index contributed by atoms with van der Waals surface area (Å²) in [7, 11) is 0. The second-order valence-corrected chi connectivity index (χ2v) is 4.62. The second-order valence-electron chi connectivity index (χ2n) is 4.18. The van der Waals surface area contributed by atoms with Gasteiger partial charge in [0.15, 0.2) is 0 Å². The average Bonchev–Trinajstić information content (AvgIpc) is 2.68. The summed E-state index contributed by atoms with van der Waals surface area (Å²) in [4.78, 5) is 23.5. The average molecular weight is 277 g/mol. The fourth-order valence-corrected chi connectivity index (χ4v) is 2.14. The highest BCUT2D eigenvalue weighted by molar-refractivity contribution is 6.30.